The van der Waals surface area contributed by atoms with Crippen LogP contribution in [-0.2, 0) is 16.4 Å². The number of anilines is 1. The molecule has 1 aliphatic rings. The van der Waals surface area contributed by atoms with E-state index in [0.29, 0.717) is 5.69 Å². The first-order valence-corrected chi connectivity index (χ1v) is 12.0. The molecule has 3 aromatic rings. The van der Waals surface area contributed by atoms with E-state index < -0.39 is 10.0 Å². The number of hydrogen-bond donors (Lipinski definition) is 2. The summed E-state index contributed by atoms with van der Waals surface area (Å²) in [4.78, 5) is 12.8. The highest BCUT2D eigenvalue weighted by atomic mass is 35.5. The van der Waals surface area contributed by atoms with Gasteiger partial charge in [0.05, 0.1) is 11.1 Å². The van der Waals surface area contributed by atoms with Crippen molar-refractivity contribution in [2.24, 2.45) is 0 Å². The molecular formula is C24H23ClN2O3S. The molecule has 5 nitrogen and oxygen atoms in total. The van der Waals surface area contributed by atoms with Crippen LogP contribution in [0.25, 0.3) is 0 Å². The molecule has 0 spiro atoms. The van der Waals surface area contributed by atoms with Crippen LogP contribution in [0.4, 0.5) is 5.69 Å². The summed E-state index contributed by atoms with van der Waals surface area (Å²) in [6.45, 7) is 1.92. The summed E-state index contributed by atoms with van der Waals surface area (Å²) in [5.74, 6) is -0.329. The standard InChI is InChI=1S/C24H23ClN2O3S/c1-16-9-12-19(13-10-16)27-31(29,30)23-15-18(11-14-21(23)25)24(28)26-22-8-4-6-17-5-2-3-7-20(17)22/h2-3,5,7,9-15,22,27H,4,6,8H2,1H3,(H,26,28). The van der Waals surface area contributed by atoms with E-state index in [-0.39, 0.29) is 27.4 Å². The van der Waals surface area contributed by atoms with Crippen LogP contribution in [0, 0.1) is 6.92 Å². The fourth-order valence-electron chi connectivity index (χ4n) is 3.83. The number of amides is 1. The van der Waals surface area contributed by atoms with E-state index in [2.05, 4.69) is 16.1 Å². The predicted octanol–water partition coefficient (Wildman–Crippen LogP) is 5.26. The number of benzene rings is 3. The number of nitrogens with one attached hydrogen (secondary N) is 2. The number of hydrogen-bond acceptors (Lipinski definition) is 3. The molecule has 2 N–H and O–H groups in total. The molecule has 0 fully saturated rings. The number of rotatable bonds is 5. The van der Waals surface area contributed by atoms with Gasteiger partial charge in [-0.3, -0.25) is 9.52 Å². The maximum absolute atomic E-state index is 12.9. The van der Waals surface area contributed by atoms with Crippen LogP contribution in [0.3, 0.4) is 0 Å². The highest BCUT2D eigenvalue weighted by Crippen LogP contribution is 2.30. The van der Waals surface area contributed by atoms with Gasteiger partial charge in [0.25, 0.3) is 15.9 Å². The van der Waals surface area contributed by atoms with Gasteiger partial charge in [0.1, 0.15) is 4.90 Å². The zero-order chi connectivity index (χ0) is 22.0. The van der Waals surface area contributed by atoms with Crippen LogP contribution in [0.15, 0.2) is 71.6 Å². The van der Waals surface area contributed by atoms with Crippen molar-refractivity contribution in [2.75, 3.05) is 4.72 Å². The molecule has 3 aromatic carbocycles. The van der Waals surface area contributed by atoms with Gasteiger partial charge in [0, 0.05) is 11.3 Å². The SMILES string of the molecule is Cc1ccc(NS(=O)(=O)c2cc(C(=O)NC3CCCc4ccccc43)ccc2Cl)cc1. The Bertz CT molecular complexity index is 1220. The van der Waals surface area contributed by atoms with E-state index in [0.717, 1.165) is 30.4 Å². The lowest BCUT2D eigenvalue weighted by Crippen LogP contribution is -2.31. The van der Waals surface area contributed by atoms with Gasteiger partial charge in [-0.05, 0) is 67.6 Å². The third-order valence-electron chi connectivity index (χ3n) is 5.46. The van der Waals surface area contributed by atoms with Crippen LogP contribution in [-0.4, -0.2) is 14.3 Å². The summed E-state index contributed by atoms with van der Waals surface area (Å²) in [6, 6.07) is 19.3. The van der Waals surface area contributed by atoms with E-state index in [4.69, 9.17) is 11.6 Å². The zero-order valence-corrected chi connectivity index (χ0v) is 18.6. The molecule has 160 valence electrons. The second-order valence-electron chi connectivity index (χ2n) is 7.73. The monoisotopic (exact) mass is 454 g/mol. The van der Waals surface area contributed by atoms with Gasteiger partial charge < -0.3 is 5.32 Å². The average molecular weight is 455 g/mol. The quantitative estimate of drug-likeness (QED) is 0.552. The maximum Gasteiger partial charge on any atom is 0.263 e. The molecule has 0 saturated heterocycles. The summed E-state index contributed by atoms with van der Waals surface area (Å²) in [7, 11) is -3.96. The first-order valence-electron chi connectivity index (χ1n) is 10.1. The summed E-state index contributed by atoms with van der Waals surface area (Å²) in [5, 5.41) is 3.10. The molecule has 0 radical (unpaired) electrons. The smallest absolute Gasteiger partial charge is 0.263 e. The molecule has 7 heteroatoms. The van der Waals surface area contributed by atoms with Crippen molar-refractivity contribution in [2.45, 2.75) is 37.1 Å². The molecule has 0 heterocycles. The molecule has 1 atom stereocenters. The Labute approximate surface area is 187 Å². The lowest BCUT2D eigenvalue weighted by molar-refractivity contribution is 0.0932. The van der Waals surface area contributed by atoms with Gasteiger partial charge in [0.15, 0.2) is 0 Å². The van der Waals surface area contributed by atoms with Gasteiger partial charge >= 0.3 is 0 Å². The summed E-state index contributed by atoms with van der Waals surface area (Å²) >= 11 is 6.18. The number of fused-ring (bicyclic) bond motifs is 1. The van der Waals surface area contributed by atoms with Crippen LogP contribution >= 0.6 is 11.6 Å². The molecule has 0 bridgehead atoms. The lowest BCUT2D eigenvalue weighted by atomic mass is 9.87. The fraction of sp³-hybridized carbons (Fsp3) is 0.208. The van der Waals surface area contributed by atoms with Crippen LogP contribution < -0.4 is 10.0 Å². The zero-order valence-electron chi connectivity index (χ0n) is 17.1. The van der Waals surface area contributed by atoms with Crippen molar-refractivity contribution in [3.05, 3.63) is 94.0 Å². The molecule has 0 saturated carbocycles. The number of sulfonamides is 1. The largest absolute Gasteiger partial charge is 0.345 e. The molecule has 31 heavy (non-hydrogen) atoms. The van der Waals surface area contributed by atoms with Gasteiger partial charge in [-0.2, -0.15) is 0 Å². The normalized spacial score (nSPS) is 15.7. The van der Waals surface area contributed by atoms with Crippen molar-refractivity contribution in [3.8, 4) is 0 Å². The topological polar surface area (TPSA) is 75.3 Å². The first kappa shape index (κ1) is 21.4. The van der Waals surface area contributed by atoms with Crippen molar-refractivity contribution in [3.63, 3.8) is 0 Å². The van der Waals surface area contributed by atoms with E-state index in [1.54, 1.807) is 12.1 Å². The van der Waals surface area contributed by atoms with E-state index in [9.17, 15) is 13.2 Å². The number of carbonyl (C=O) groups excluding carboxylic acids is 1. The Hall–Kier alpha value is -2.83. The van der Waals surface area contributed by atoms with Crippen molar-refractivity contribution in [1.82, 2.24) is 5.32 Å². The number of halogens is 1. The summed E-state index contributed by atoms with van der Waals surface area (Å²) < 4.78 is 28.3. The fourth-order valence-corrected chi connectivity index (χ4v) is 5.41. The molecular weight excluding hydrogens is 432 g/mol. The second-order valence-corrected chi connectivity index (χ2v) is 9.79. The van der Waals surface area contributed by atoms with Crippen molar-refractivity contribution < 1.29 is 13.2 Å². The van der Waals surface area contributed by atoms with Crippen LogP contribution in [0.5, 0.6) is 0 Å². The third-order valence-corrected chi connectivity index (χ3v) is 7.32. The Morgan fingerprint density at radius 3 is 2.55 bits per heavy atom. The Kier molecular flexibility index (Phi) is 6.03. The molecule has 0 aromatic heterocycles. The minimum Gasteiger partial charge on any atom is -0.345 e. The predicted molar refractivity (Wildman–Crippen MR) is 123 cm³/mol. The van der Waals surface area contributed by atoms with Gasteiger partial charge in [-0.1, -0.05) is 53.6 Å². The Balaban J connectivity index is 1.57. The number of aryl methyl sites for hydroxylation is 2. The number of carbonyl (C=O) groups is 1. The van der Waals surface area contributed by atoms with Gasteiger partial charge in [0.2, 0.25) is 0 Å². The van der Waals surface area contributed by atoms with Crippen LogP contribution in [0.1, 0.15) is 45.9 Å². The highest BCUT2D eigenvalue weighted by molar-refractivity contribution is 7.92. The Morgan fingerprint density at radius 2 is 1.77 bits per heavy atom. The van der Waals surface area contributed by atoms with Gasteiger partial charge in [-0.15, -0.1) is 0 Å². The summed E-state index contributed by atoms with van der Waals surface area (Å²) in [6.07, 6.45) is 2.83. The maximum atomic E-state index is 12.9. The minimum absolute atomic E-state index is 0.0548. The van der Waals surface area contributed by atoms with E-state index in [1.807, 2.05) is 37.3 Å². The Morgan fingerprint density at radius 1 is 1.03 bits per heavy atom. The lowest BCUT2D eigenvalue weighted by Gasteiger charge is -2.26. The van der Waals surface area contributed by atoms with Crippen molar-refractivity contribution in [1.29, 1.82) is 0 Å². The average Bonchev–Trinajstić information content (AvgIpc) is 2.75. The van der Waals surface area contributed by atoms with Crippen LogP contribution in [0.2, 0.25) is 5.02 Å². The highest BCUT2D eigenvalue weighted by Gasteiger charge is 2.24. The second kappa shape index (κ2) is 8.73. The first-order chi connectivity index (χ1) is 14.8. The minimum atomic E-state index is -3.96. The summed E-state index contributed by atoms with van der Waals surface area (Å²) in [5.41, 5.74) is 4.04. The third kappa shape index (κ3) is 4.75. The molecule has 4 rings (SSSR count). The molecule has 1 aliphatic carbocycles. The molecule has 0 aliphatic heterocycles. The van der Waals surface area contributed by atoms with Gasteiger partial charge in [-0.25, -0.2) is 8.42 Å². The van der Waals surface area contributed by atoms with Crippen molar-refractivity contribution >= 4 is 33.2 Å². The van der Waals surface area contributed by atoms with E-state index >= 15 is 0 Å². The molecule has 1 amide bonds. The molecule has 1 unspecified atom stereocenters. The van der Waals surface area contributed by atoms with E-state index in [1.165, 1.54) is 23.8 Å².